The van der Waals surface area contributed by atoms with Gasteiger partial charge in [0.1, 0.15) is 5.02 Å². The minimum atomic E-state index is -0.401. The smallest absolute Gasteiger partial charge is 0.266 e. The third-order valence-electron chi connectivity index (χ3n) is 4.63. The molecule has 1 aliphatic rings. The fraction of sp³-hybridized carbons (Fsp3) is 0.278. The molecular formula is C18H18ClN5O2S. The number of piperidine rings is 1. The summed E-state index contributed by atoms with van der Waals surface area (Å²) >= 11 is 7.46. The summed E-state index contributed by atoms with van der Waals surface area (Å²) in [5, 5.41) is 12.6. The summed E-state index contributed by atoms with van der Waals surface area (Å²) in [6.07, 6.45) is 3.03. The Kier molecular flexibility index (Phi) is 5.00. The zero-order chi connectivity index (χ0) is 18.8. The first-order chi connectivity index (χ1) is 13.1. The van der Waals surface area contributed by atoms with Crippen molar-refractivity contribution in [3.05, 3.63) is 56.8 Å². The molecule has 1 fully saturated rings. The van der Waals surface area contributed by atoms with E-state index in [4.69, 9.17) is 11.6 Å². The lowest BCUT2D eigenvalue weighted by molar-refractivity contribution is 0.0930. The van der Waals surface area contributed by atoms with Crippen molar-refractivity contribution in [3.8, 4) is 10.6 Å². The van der Waals surface area contributed by atoms with Crippen molar-refractivity contribution in [1.82, 2.24) is 20.5 Å². The summed E-state index contributed by atoms with van der Waals surface area (Å²) in [7, 11) is 0. The first-order valence-electron chi connectivity index (χ1n) is 8.63. The van der Waals surface area contributed by atoms with E-state index in [1.807, 2.05) is 11.4 Å². The summed E-state index contributed by atoms with van der Waals surface area (Å²) < 4.78 is 0. The lowest BCUT2D eigenvalue weighted by Crippen LogP contribution is -2.45. The van der Waals surface area contributed by atoms with Gasteiger partial charge in [0.25, 0.3) is 11.5 Å². The SMILES string of the molecule is O=C(NC1CCN(c2cc(-c3cccs3)[nH]n2)CC1)c1c[nH]c(=O)c(Cl)c1. The Hall–Kier alpha value is -2.58. The van der Waals surface area contributed by atoms with E-state index in [1.165, 1.54) is 12.3 Å². The van der Waals surface area contributed by atoms with Gasteiger partial charge in [0.2, 0.25) is 0 Å². The van der Waals surface area contributed by atoms with Crippen LogP contribution in [0.1, 0.15) is 23.2 Å². The molecule has 0 spiro atoms. The predicted molar refractivity (Wildman–Crippen MR) is 107 cm³/mol. The van der Waals surface area contributed by atoms with Crippen LogP contribution in [0.3, 0.4) is 0 Å². The van der Waals surface area contributed by atoms with E-state index < -0.39 is 5.56 Å². The fourth-order valence-corrected chi connectivity index (χ4v) is 4.00. The third kappa shape index (κ3) is 3.91. The molecule has 1 saturated heterocycles. The van der Waals surface area contributed by atoms with Crippen molar-refractivity contribution in [3.63, 3.8) is 0 Å². The Morgan fingerprint density at radius 2 is 2.15 bits per heavy atom. The molecule has 1 amide bonds. The van der Waals surface area contributed by atoms with E-state index in [0.717, 1.165) is 42.3 Å². The first kappa shape index (κ1) is 17.8. The molecule has 0 atom stereocenters. The van der Waals surface area contributed by atoms with Gasteiger partial charge < -0.3 is 15.2 Å². The van der Waals surface area contributed by atoms with Gasteiger partial charge in [0.15, 0.2) is 5.82 Å². The van der Waals surface area contributed by atoms with Crippen molar-refractivity contribution in [2.75, 3.05) is 18.0 Å². The highest BCUT2D eigenvalue weighted by Gasteiger charge is 2.23. The lowest BCUT2D eigenvalue weighted by atomic mass is 10.0. The van der Waals surface area contributed by atoms with E-state index in [1.54, 1.807) is 11.3 Å². The number of rotatable bonds is 4. The number of anilines is 1. The molecule has 4 rings (SSSR count). The van der Waals surface area contributed by atoms with Gasteiger partial charge in [-0.25, -0.2) is 0 Å². The van der Waals surface area contributed by atoms with Gasteiger partial charge in [-0.1, -0.05) is 17.7 Å². The van der Waals surface area contributed by atoms with Gasteiger partial charge in [-0.15, -0.1) is 11.3 Å². The second kappa shape index (κ2) is 7.58. The van der Waals surface area contributed by atoms with Crippen molar-refractivity contribution in [1.29, 1.82) is 0 Å². The maximum atomic E-state index is 12.3. The summed E-state index contributed by atoms with van der Waals surface area (Å²) in [5.41, 5.74) is 0.975. The molecule has 9 heteroatoms. The van der Waals surface area contributed by atoms with Gasteiger partial charge in [-0.05, 0) is 30.4 Å². The Balaban J connectivity index is 1.34. The highest BCUT2D eigenvalue weighted by molar-refractivity contribution is 7.13. The predicted octanol–water partition coefficient (Wildman–Crippen LogP) is 2.88. The molecule has 0 radical (unpaired) electrons. The maximum Gasteiger partial charge on any atom is 0.266 e. The van der Waals surface area contributed by atoms with Crippen molar-refractivity contribution < 1.29 is 4.79 Å². The largest absolute Gasteiger partial charge is 0.355 e. The Morgan fingerprint density at radius 1 is 1.33 bits per heavy atom. The van der Waals surface area contributed by atoms with Gasteiger partial charge in [0.05, 0.1) is 16.1 Å². The number of carbonyl (C=O) groups excluding carboxylic acids is 1. The number of nitrogens with one attached hydrogen (secondary N) is 3. The molecule has 0 aromatic carbocycles. The van der Waals surface area contributed by atoms with Crippen LogP contribution in [0.15, 0.2) is 40.6 Å². The number of nitrogens with zero attached hydrogens (tertiary/aromatic N) is 2. The second-order valence-corrected chi connectivity index (χ2v) is 7.77. The number of hydrogen-bond acceptors (Lipinski definition) is 5. The van der Waals surface area contributed by atoms with Crippen LogP contribution in [0.5, 0.6) is 0 Å². The molecule has 4 heterocycles. The van der Waals surface area contributed by atoms with Crippen LogP contribution in [0.2, 0.25) is 5.02 Å². The highest BCUT2D eigenvalue weighted by atomic mass is 35.5. The van der Waals surface area contributed by atoms with Gasteiger partial charge in [-0.2, -0.15) is 5.10 Å². The number of aromatic nitrogens is 3. The average molecular weight is 404 g/mol. The maximum absolute atomic E-state index is 12.3. The van der Waals surface area contributed by atoms with Crippen molar-refractivity contribution >= 4 is 34.7 Å². The summed E-state index contributed by atoms with van der Waals surface area (Å²) in [6.45, 7) is 1.62. The van der Waals surface area contributed by atoms with Crippen LogP contribution in [0.25, 0.3) is 10.6 Å². The quantitative estimate of drug-likeness (QED) is 0.624. The number of hydrogen-bond donors (Lipinski definition) is 3. The number of thiophene rings is 1. The zero-order valence-corrected chi connectivity index (χ0v) is 15.9. The number of H-pyrrole nitrogens is 2. The minimum absolute atomic E-state index is 0.0116. The van der Waals surface area contributed by atoms with Gasteiger partial charge >= 0.3 is 0 Å². The standard InChI is InChI=1S/C18H18ClN5O2S/c19-13-8-11(10-20-18(13)26)17(25)21-12-3-5-24(6-4-12)16-9-14(22-23-16)15-2-1-7-27-15/h1-2,7-10,12H,3-6H2,(H,20,26)(H,21,25)(H,22,23). The van der Waals surface area contributed by atoms with E-state index in [0.29, 0.717) is 5.56 Å². The van der Waals surface area contributed by atoms with Crippen LogP contribution < -0.4 is 15.8 Å². The number of amides is 1. The summed E-state index contributed by atoms with van der Waals surface area (Å²) in [4.78, 5) is 29.5. The number of aromatic amines is 2. The topological polar surface area (TPSA) is 93.9 Å². The molecule has 27 heavy (non-hydrogen) atoms. The molecule has 3 N–H and O–H groups in total. The van der Waals surface area contributed by atoms with Crippen LogP contribution >= 0.6 is 22.9 Å². The minimum Gasteiger partial charge on any atom is -0.355 e. The van der Waals surface area contributed by atoms with Crippen LogP contribution in [0, 0.1) is 0 Å². The van der Waals surface area contributed by atoms with E-state index >= 15 is 0 Å². The second-order valence-electron chi connectivity index (χ2n) is 6.42. The van der Waals surface area contributed by atoms with Crippen LogP contribution in [-0.4, -0.2) is 40.2 Å². The highest BCUT2D eigenvalue weighted by Crippen LogP contribution is 2.27. The molecule has 0 saturated carbocycles. The summed E-state index contributed by atoms with van der Waals surface area (Å²) in [6, 6.07) is 7.61. The zero-order valence-electron chi connectivity index (χ0n) is 14.4. The monoisotopic (exact) mass is 403 g/mol. The molecule has 3 aromatic rings. The van der Waals surface area contributed by atoms with Gasteiger partial charge in [-0.3, -0.25) is 14.7 Å². The Labute approximate surface area is 164 Å². The molecule has 0 unspecified atom stereocenters. The molecule has 3 aromatic heterocycles. The van der Waals surface area contributed by atoms with Crippen molar-refractivity contribution in [2.45, 2.75) is 18.9 Å². The Bertz CT molecular complexity index is 989. The molecule has 140 valence electrons. The molecule has 0 bridgehead atoms. The molecule has 0 aliphatic carbocycles. The number of carbonyl (C=O) groups is 1. The molecule has 1 aliphatic heterocycles. The normalized spacial score (nSPS) is 15.1. The third-order valence-corrected chi connectivity index (χ3v) is 5.81. The summed E-state index contributed by atoms with van der Waals surface area (Å²) in [5.74, 6) is 0.696. The van der Waals surface area contributed by atoms with E-state index in [9.17, 15) is 9.59 Å². The fourth-order valence-electron chi connectivity index (χ4n) is 3.14. The molecular weight excluding hydrogens is 386 g/mol. The Morgan fingerprint density at radius 3 is 2.85 bits per heavy atom. The van der Waals surface area contributed by atoms with Crippen LogP contribution in [-0.2, 0) is 0 Å². The molecule has 7 nitrogen and oxygen atoms in total. The average Bonchev–Trinajstić information content (AvgIpc) is 3.36. The number of halogens is 1. The van der Waals surface area contributed by atoms with Gasteiger partial charge in [0, 0.05) is 31.4 Å². The van der Waals surface area contributed by atoms with E-state index in [-0.39, 0.29) is 17.0 Å². The first-order valence-corrected chi connectivity index (χ1v) is 9.89. The number of pyridine rings is 1. The lowest BCUT2D eigenvalue weighted by Gasteiger charge is -2.32. The van der Waals surface area contributed by atoms with Crippen LogP contribution in [0.4, 0.5) is 5.82 Å². The van der Waals surface area contributed by atoms with Crippen molar-refractivity contribution in [2.24, 2.45) is 0 Å². The van der Waals surface area contributed by atoms with E-state index in [2.05, 4.69) is 37.5 Å².